The maximum absolute atomic E-state index is 2.48. The third-order valence-electron chi connectivity index (χ3n) is 5.37. The van der Waals surface area contributed by atoms with Gasteiger partial charge in [0.2, 0.25) is 0 Å². The fourth-order valence-corrected chi connectivity index (χ4v) is 5.14. The van der Waals surface area contributed by atoms with Crippen LogP contribution < -0.4 is 0 Å². The molecule has 0 aliphatic heterocycles. The normalized spacial score (nSPS) is 20.3. The minimum atomic E-state index is 0.677. The van der Waals surface area contributed by atoms with Gasteiger partial charge in [-0.1, -0.05) is 36.4 Å². The molecule has 2 aromatic rings. The Morgan fingerprint density at radius 3 is 2.55 bits per heavy atom. The third-order valence-corrected chi connectivity index (χ3v) is 6.42. The van der Waals surface area contributed by atoms with Crippen molar-refractivity contribution in [2.24, 2.45) is 0 Å². The number of aryl methyl sites for hydroxylation is 3. The molecule has 0 radical (unpaired) electrons. The van der Waals surface area contributed by atoms with Crippen molar-refractivity contribution in [2.75, 3.05) is 6.26 Å². The zero-order valence-corrected chi connectivity index (χ0v) is 14.2. The van der Waals surface area contributed by atoms with Crippen LogP contribution in [0.15, 0.2) is 36.4 Å². The first-order valence-corrected chi connectivity index (χ1v) is 9.92. The van der Waals surface area contributed by atoms with Crippen molar-refractivity contribution >= 4 is 11.8 Å². The molecule has 0 amide bonds. The minimum absolute atomic E-state index is 0.677. The summed E-state index contributed by atoms with van der Waals surface area (Å²) in [5.41, 5.74) is 9.32. The van der Waals surface area contributed by atoms with Gasteiger partial charge in [0.05, 0.1) is 0 Å². The molecule has 0 fully saturated rings. The largest absolute Gasteiger partial charge is 0.157 e. The Labute approximate surface area is 138 Å². The van der Waals surface area contributed by atoms with Gasteiger partial charge in [-0.3, -0.25) is 0 Å². The van der Waals surface area contributed by atoms with Crippen LogP contribution in [-0.2, 0) is 19.3 Å². The molecule has 22 heavy (non-hydrogen) atoms. The molecule has 2 aliphatic rings. The van der Waals surface area contributed by atoms with Crippen LogP contribution in [-0.4, -0.2) is 6.26 Å². The molecule has 2 aliphatic carbocycles. The van der Waals surface area contributed by atoms with Gasteiger partial charge in [0.15, 0.2) is 0 Å². The molecule has 114 valence electrons. The molecule has 1 unspecified atom stereocenters. The summed E-state index contributed by atoms with van der Waals surface area (Å²) in [6.45, 7) is 0. The number of hydrogen-bond donors (Lipinski definition) is 0. The van der Waals surface area contributed by atoms with E-state index in [9.17, 15) is 0 Å². The van der Waals surface area contributed by atoms with Gasteiger partial charge in [-0.25, -0.2) is 0 Å². The molecule has 0 aromatic heterocycles. The SMILES string of the molecule is CSC1CCCc2cccc(-c3ccc4c(c3)CCCC4)c21. The molecule has 0 saturated heterocycles. The van der Waals surface area contributed by atoms with Gasteiger partial charge in [-0.2, -0.15) is 11.8 Å². The fraction of sp³-hybridized carbons (Fsp3) is 0.429. The van der Waals surface area contributed by atoms with Gasteiger partial charge in [-0.05, 0) is 84.6 Å². The lowest BCUT2D eigenvalue weighted by Crippen LogP contribution is -2.09. The average Bonchev–Trinajstić information content (AvgIpc) is 2.60. The van der Waals surface area contributed by atoms with Gasteiger partial charge in [0, 0.05) is 5.25 Å². The number of fused-ring (bicyclic) bond motifs is 2. The van der Waals surface area contributed by atoms with Gasteiger partial charge >= 0.3 is 0 Å². The summed E-state index contributed by atoms with van der Waals surface area (Å²) in [6.07, 6.45) is 11.5. The Hall–Kier alpha value is -1.21. The van der Waals surface area contributed by atoms with Crippen LogP contribution in [0.25, 0.3) is 11.1 Å². The molecule has 0 spiro atoms. The second-order valence-electron chi connectivity index (χ2n) is 6.69. The van der Waals surface area contributed by atoms with Crippen molar-refractivity contribution in [2.45, 2.75) is 50.2 Å². The summed E-state index contributed by atoms with van der Waals surface area (Å²) in [5.74, 6) is 0. The first-order chi connectivity index (χ1) is 10.9. The van der Waals surface area contributed by atoms with E-state index in [-0.39, 0.29) is 0 Å². The zero-order valence-electron chi connectivity index (χ0n) is 13.4. The molecule has 0 nitrogen and oxygen atoms in total. The molecule has 0 N–H and O–H groups in total. The number of hydrogen-bond acceptors (Lipinski definition) is 1. The maximum Gasteiger partial charge on any atom is 0.0303 e. The molecule has 4 rings (SSSR count). The van der Waals surface area contributed by atoms with E-state index < -0.39 is 0 Å². The highest BCUT2D eigenvalue weighted by Gasteiger charge is 2.23. The van der Waals surface area contributed by atoms with E-state index in [0.717, 1.165) is 0 Å². The van der Waals surface area contributed by atoms with Crippen molar-refractivity contribution in [3.63, 3.8) is 0 Å². The van der Waals surface area contributed by atoms with Crippen LogP contribution in [0.1, 0.15) is 53.2 Å². The Morgan fingerprint density at radius 2 is 1.68 bits per heavy atom. The summed E-state index contributed by atoms with van der Waals surface area (Å²) >= 11 is 2.03. The van der Waals surface area contributed by atoms with Crippen LogP contribution >= 0.6 is 11.8 Å². The maximum atomic E-state index is 2.48. The first kappa shape index (κ1) is 14.4. The molecule has 0 saturated carbocycles. The molecule has 2 aromatic carbocycles. The van der Waals surface area contributed by atoms with Crippen molar-refractivity contribution in [3.05, 3.63) is 58.7 Å². The van der Waals surface area contributed by atoms with E-state index >= 15 is 0 Å². The summed E-state index contributed by atoms with van der Waals surface area (Å²) < 4.78 is 0. The number of rotatable bonds is 2. The first-order valence-electron chi connectivity index (χ1n) is 8.63. The van der Waals surface area contributed by atoms with Crippen molar-refractivity contribution < 1.29 is 0 Å². The molecule has 0 heterocycles. The van der Waals surface area contributed by atoms with E-state index in [1.807, 2.05) is 11.8 Å². The lowest BCUT2D eigenvalue weighted by Gasteiger charge is -2.27. The Bertz CT molecular complexity index is 686. The highest BCUT2D eigenvalue weighted by Crippen LogP contribution is 2.44. The van der Waals surface area contributed by atoms with E-state index in [0.29, 0.717) is 5.25 Å². The van der Waals surface area contributed by atoms with E-state index in [1.165, 1.54) is 56.1 Å². The topological polar surface area (TPSA) is 0 Å². The van der Waals surface area contributed by atoms with Gasteiger partial charge < -0.3 is 0 Å². The standard InChI is InChI=1S/C21H24S/c1-22-20-11-5-9-16-8-4-10-19(21(16)20)18-13-12-15-6-2-3-7-17(15)14-18/h4,8,10,12-14,20H,2-3,5-7,9,11H2,1H3. The summed E-state index contributed by atoms with van der Waals surface area (Å²) in [5, 5.41) is 0.677. The predicted octanol–water partition coefficient (Wildman–Crippen LogP) is 5.97. The van der Waals surface area contributed by atoms with E-state index in [2.05, 4.69) is 42.7 Å². The van der Waals surface area contributed by atoms with Crippen molar-refractivity contribution in [1.82, 2.24) is 0 Å². The lowest BCUT2D eigenvalue weighted by atomic mass is 9.83. The van der Waals surface area contributed by atoms with E-state index in [4.69, 9.17) is 0 Å². The number of benzene rings is 2. The Kier molecular flexibility index (Phi) is 4.00. The molecule has 0 bridgehead atoms. The van der Waals surface area contributed by atoms with Gasteiger partial charge in [0.25, 0.3) is 0 Å². The molecule has 1 heteroatoms. The van der Waals surface area contributed by atoms with E-state index in [1.54, 1.807) is 22.3 Å². The van der Waals surface area contributed by atoms with Gasteiger partial charge in [0.1, 0.15) is 0 Å². The second kappa shape index (κ2) is 6.12. The fourth-order valence-electron chi connectivity index (χ4n) is 4.22. The summed E-state index contributed by atoms with van der Waals surface area (Å²) in [7, 11) is 0. The predicted molar refractivity (Wildman–Crippen MR) is 97.7 cm³/mol. The van der Waals surface area contributed by atoms with Crippen molar-refractivity contribution in [1.29, 1.82) is 0 Å². The molecular formula is C21H24S. The third kappa shape index (κ3) is 2.50. The van der Waals surface area contributed by atoms with Crippen LogP contribution in [0.5, 0.6) is 0 Å². The van der Waals surface area contributed by atoms with Crippen LogP contribution in [0.3, 0.4) is 0 Å². The highest BCUT2D eigenvalue weighted by molar-refractivity contribution is 7.98. The summed E-state index contributed by atoms with van der Waals surface area (Å²) in [6, 6.07) is 14.2. The summed E-state index contributed by atoms with van der Waals surface area (Å²) in [4.78, 5) is 0. The van der Waals surface area contributed by atoms with Crippen LogP contribution in [0, 0.1) is 0 Å². The molecule has 1 atom stereocenters. The minimum Gasteiger partial charge on any atom is -0.157 e. The highest BCUT2D eigenvalue weighted by atomic mass is 32.2. The quantitative estimate of drug-likeness (QED) is 0.658. The van der Waals surface area contributed by atoms with Crippen LogP contribution in [0.2, 0.25) is 0 Å². The van der Waals surface area contributed by atoms with Gasteiger partial charge in [-0.15, -0.1) is 0 Å². The molecular weight excluding hydrogens is 284 g/mol. The Balaban J connectivity index is 1.83. The average molecular weight is 308 g/mol. The van der Waals surface area contributed by atoms with Crippen LogP contribution in [0.4, 0.5) is 0 Å². The lowest BCUT2D eigenvalue weighted by molar-refractivity contribution is 0.675. The zero-order chi connectivity index (χ0) is 14.9. The smallest absolute Gasteiger partial charge is 0.0303 e. The van der Waals surface area contributed by atoms with Crippen molar-refractivity contribution in [3.8, 4) is 11.1 Å². The Morgan fingerprint density at radius 1 is 0.864 bits per heavy atom. The number of thioether (sulfide) groups is 1. The second-order valence-corrected chi connectivity index (χ2v) is 7.73. The monoisotopic (exact) mass is 308 g/mol.